The fourth-order valence-electron chi connectivity index (χ4n) is 3.78. The quantitative estimate of drug-likeness (QED) is 0.414. The summed E-state index contributed by atoms with van der Waals surface area (Å²) in [6.07, 6.45) is 4.17. The van der Waals surface area contributed by atoms with Gasteiger partial charge in [0.25, 0.3) is 0 Å². The van der Waals surface area contributed by atoms with Crippen LogP contribution in [0, 0.1) is 0 Å². The molecule has 0 radical (unpaired) electrons. The number of H-pyrrole nitrogens is 1. The highest BCUT2D eigenvalue weighted by molar-refractivity contribution is 5.96. The van der Waals surface area contributed by atoms with E-state index in [1.807, 2.05) is 12.3 Å². The standard InChI is InChI=1S/C25H27N3/c1-28(2)18-8-14-22-21(23-13-6-9-19-16-17-26-25(19)23)12-7-15-24(22)27-20-10-4-3-5-11-20/h3-7,9-13,15-17,26-27H,8,14,18H2,1-2H3. The van der Waals surface area contributed by atoms with E-state index in [9.17, 15) is 0 Å². The molecule has 1 aromatic heterocycles. The number of anilines is 2. The molecule has 2 N–H and O–H groups in total. The van der Waals surface area contributed by atoms with E-state index >= 15 is 0 Å². The van der Waals surface area contributed by atoms with Gasteiger partial charge in [-0.15, -0.1) is 0 Å². The van der Waals surface area contributed by atoms with Crippen molar-refractivity contribution in [3.8, 4) is 11.1 Å². The predicted molar refractivity (Wildman–Crippen MR) is 120 cm³/mol. The predicted octanol–water partition coefficient (Wildman–Crippen LogP) is 6.07. The second-order valence-electron chi connectivity index (χ2n) is 7.48. The Morgan fingerprint density at radius 2 is 1.61 bits per heavy atom. The van der Waals surface area contributed by atoms with Gasteiger partial charge < -0.3 is 15.2 Å². The zero-order valence-electron chi connectivity index (χ0n) is 16.6. The molecule has 4 rings (SSSR count). The lowest BCUT2D eigenvalue weighted by Crippen LogP contribution is -2.14. The van der Waals surface area contributed by atoms with Crippen LogP contribution < -0.4 is 5.32 Å². The number of benzene rings is 3. The summed E-state index contributed by atoms with van der Waals surface area (Å²) in [6, 6.07) is 25.7. The second-order valence-corrected chi connectivity index (χ2v) is 7.48. The number of nitrogens with zero attached hydrogens (tertiary/aromatic N) is 1. The molecular weight excluding hydrogens is 342 g/mol. The van der Waals surface area contributed by atoms with Crippen LogP contribution in [0.4, 0.5) is 11.4 Å². The maximum absolute atomic E-state index is 3.64. The molecule has 3 heteroatoms. The SMILES string of the molecule is CN(C)CCCc1c(Nc2ccccc2)cccc1-c1cccc2cc[nH]c12. The number of hydrogen-bond donors (Lipinski definition) is 2. The van der Waals surface area contributed by atoms with Gasteiger partial charge in [0.05, 0.1) is 5.52 Å². The summed E-state index contributed by atoms with van der Waals surface area (Å²) in [4.78, 5) is 5.68. The highest BCUT2D eigenvalue weighted by Crippen LogP contribution is 2.35. The summed E-state index contributed by atoms with van der Waals surface area (Å²) < 4.78 is 0. The van der Waals surface area contributed by atoms with Crippen LogP contribution in [0.3, 0.4) is 0 Å². The van der Waals surface area contributed by atoms with Crippen LogP contribution in [-0.2, 0) is 6.42 Å². The largest absolute Gasteiger partial charge is 0.361 e. The van der Waals surface area contributed by atoms with Gasteiger partial charge >= 0.3 is 0 Å². The summed E-state index contributed by atoms with van der Waals surface area (Å²) in [7, 11) is 4.27. The van der Waals surface area contributed by atoms with E-state index in [0.717, 1.165) is 25.1 Å². The van der Waals surface area contributed by atoms with E-state index in [1.165, 1.54) is 33.3 Å². The molecule has 3 aromatic carbocycles. The first-order valence-electron chi connectivity index (χ1n) is 9.87. The molecule has 0 aliphatic carbocycles. The Morgan fingerprint density at radius 3 is 2.43 bits per heavy atom. The molecule has 0 bridgehead atoms. The maximum atomic E-state index is 3.64. The molecule has 0 saturated heterocycles. The van der Waals surface area contributed by atoms with Gasteiger partial charge in [-0.2, -0.15) is 0 Å². The van der Waals surface area contributed by atoms with E-state index in [4.69, 9.17) is 0 Å². The van der Waals surface area contributed by atoms with Gasteiger partial charge in [0.1, 0.15) is 0 Å². The van der Waals surface area contributed by atoms with Crippen LogP contribution in [-0.4, -0.2) is 30.5 Å². The van der Waals surface area contributed by atoms with Gasteiger partial charge in [0.15, 0.2) is 0 Å². The Kier molecular flexibility index (Phi) is 5.45. The van der Waals surface area contributed by atoms with Crippen LogP contribution in [0.5, 0.6) is 0 Å². The molecule has 0 aliphatic rings. The van der Waals surface area contributed by atoms with E-state index in [2.05, 4.69) is 96.0 Å². The zero-order chi connectivity index (χ0) is 19.3. The summed E-state index contributed by atoms with van der Waals surface area (Å²) in [5.74, 6) is 0. The van der Waals surface area contributed by atoms with Crippen molar-refractivity contribution in [2.45, 2.75) is 12.8 Å². The average molecular weight is 370 g/mol. The number of aromatic nitrogens is 1. The second kappa shape index (κ2) is 8.32. The van der Waals surface area contributed by atoms with Gasteiger partial charge in [-0.25, -0.2) is 0 Å². The number of para-hydroxylation sites is 2. The first kappa shape index (κ1) is 18.3. The molecule has 0 unspecified atom stereocenters. The lowest BCUT2D eigenvalue weighted by molar-refractivity contribution is 0.400. The van der Waals surface area contributed by atoms with Crippen LogP contribution in [0.1, 0.15) is 12.0 Å². The first-order valence-corrected chi connectivity index (χ1v) is 9.87. The zero-order valence-corrected chi connectivity index (χ0v) is 16.6. The van der Waals surface area contributed by atoms with Crippen molar-refractivity contribution in [3.63, 3.8) is 0 Å². The summed E-state index contributed by atoms with van der Waals surface area (Å²) in [6.45, 7) is 1.08. The molecule has 0 amide bonds. The van der Waals surface area contributed by atoms with Crippen molar-refractivity contribution < 1.29 is 0 Å². The number of hydrogen-bond acceptors (Lipinski definition) is 2. The molecule has 0 spiro atoms. The van der Waals surface area contributed by atoms with Crippen LogP contribution in [0.25, 0.3) is 22.0 Å². The maximum Gasteiger partial charge on any atom is 0.0533 e. The van der Waals surface area contributed by atoms with Crippen LogP contribution in [0.2, 0.25) is 0 Å². The smallest absolute Gasteiger partial charge is 0.0533 e. The van der Waals surface area contributed by atoms with Gasteiger partial charge in [-0.3, -0.25) is 0 Å². The highest BCUT2D eigenvalue weighted by atomic mass is 15.0. The molecule has 4 aromatic rings. The normalized spacial score (nSPS) is 11.2. The van der Waals surface area contributed by atoms with Gasteiger partial charge in [0, 0.05) is 23.1 Å². The number of rotatable bonds is 7. The van der Waals surface area contributed by atoms with Crippen molar-refractivity contribution in [2.24, 2.45) is 0 Å². The summed E-state index contributed by atoms with van der Waals surface area (Å²) >= 11 is 0. The minimum atomic E-state index is 1.03. The van der Waals surface area contributed by atoms with Crippen molar-refractivity contribution in [1.82, 2.24) is 9.88 Å². The van der Waals surface area contributed by atoms with E-state index in [1.54, 1.807) is 0 Å². The number of aromatic amines is 1. The minimum Gasteiger partial charge on any atom is -0.361 e. The topological polar surface area (TPSA) is 31.1 Å². The van der Waals surface area contributed by atoms with Gasteiger partial charge in [-0.05, 0) is 74.3 Å². The number of nitrogens with one attached hydrogen (secondary N) is 2. The molecule has 1 heterocycles. The Morgan fingerprint density at radius 1 is 0.821 bits per heavy atom. The van der Waals surface area contributed by atoms with Crippen molar-refractivity contribution >= 4 is 22.3 Å². The Labute approximate surface area is 167 Å². The monoisotopic (exact) mass is 369 g/mol. The molecular formula is C25H27N3. The minimum absolute atomic E-state index is 1.03. The molecule has 3 nitrogen and oxygen atoms in total. The summed E-state index contributed by atoms with van der Waals surface area (Å²) in [5, 5.41) is 4.89. The van der Waals surface area contributed by atoms with Crippen molar-refractivity contribution in [2.75, 3.05) is 26.0 Å². The third-order valence-electron chi connectivity index (χ3n) is 5.14. The van der Waals surface area contributed by atoms with Crippen LogP contribution in [0.15, 0.2) is 79.0 Å². The molecule has 0 aliphatic heterocycles. The third kappa shape index (κ3) is 3.95. The first-order chi connectivity index (χ1) is 13.7. The lowest BCUT2D eigenvalue weighted by Gasteiger charge is -2.18. The fourth-order valence-corrected chi connectivity index (χ4v) is 3.78. The van der Waals surface area contributed by atoms with Gasteiger partial charge in [-0.1, -0.05) is 48.5 Å². The van der Waals surface area contributed by atoms with Crippen LogP contribution >= 0.6 is 0 Å². The Bertz CT molecular complexity index is 1050. The van der Waals surface area contributed by atoms with E-state index in [0.29, 0.717) is 0 Å². The fraction of sp³-hybridized carbons (Fsp3) is 0.200. The Hall–Kier alpha value is -3.04. The molecule has 0 atom stereocenters. The number of fused-ring (bicyclic) bond motifs is 1. The lowest BCUT2D eigenvalue weighted by atomic mass is 9.93. The summed E-state index contributed by atoms with van der Waals surface area (Å²) in [5.41, 5.74) is 7.44. The molecule has 0 saturated carbocycles. The van der Waals surface area contributed by atoms with Crippen molar-refractivity contribution in [1.29, 1.82) is 0 Å². The van der Waals surface area contributed by atoms with E-state index < -0.39 is 0 Å². The van der Waals surface area contributed by atoms with Gasteiger partial charge in [0.2, 0.25) is 0 Å². The third-order valence-corrected chi connectivity index (χ3v) is 5.14. The Balaban J connectivity index is 1.78. The van der Waals surface area contributed by atoms with E-state index in [-0.39, 0.29) is 0 Å². The highest BCUT2D eigenvalue weighted by Gasteiger charge is 2.13. The average Bonchev–Trinajstić information content (AvgIpc) is 3.18. The molecule has 142 valence electrons. The molecule has 28 heavy (non-hydrogen) atoms. The van der Waals surface area contributed by atoms with Crippen molar-refractivity contribution in [3.05, 3.63) is 84.6 Å². The molecule has 0 fully saturated rings.